The van der Waals surface area contributed by atoms with Crippen LogP contribution in [-0.2, 0) is 16.1 Å². The standard InChI is InChI=1S/C18H17NO4/c20-17(21)11-19(10-13-6-2-1-3-7-13)18(22)15-12-23-16-9-5-4-8-14(15)16/h1-9,15H,10-12H2,(H,20,21)/t15-/m1/s1. The second kappa shape index (κ2) is 6.52. The lowest BCUT2D eigenvalue weighted by molar-refractivity contribution is -0.145. The van der Waals surface area contributed by atoms with Crippen molar-refractivity contribution < 1.29 is 19.4 Å². The molecule has 2 aromatic rings. The van der Waals surface area contributed by atoms with Gasteiger partial charge in [-0.05, 0) is 11.6 Å². The van der Waals surface area contributed by atoms with Crippen LogP contribution in [0.3, 0.4) is 0 Å². The number of nitrogens with zero attached hydrogens (tertiary/aromatic N) is 1. The van der Waals surface area contributed by atoms with Gasteiger partial charge in [-0.25, -0.2) is 0 Å². The minimum atomic E-state index is -1.03. The fourth-order valence-corrected chi connectivity index (χ4v) is 2.77. The van der Waals surface area contributed by atoms with Gasteiger partial charge in [0.2, 0.25) is 5.91 Å². The number of para-hydroxylation sites is 1. The van der Waals surface area contributed by atoms with Gasteiger partial charge in [-0.15, -0.1) is 0 Å². The number of hydrogen-bond donors (Lipinski definition) is 1. The van der Waals surface area contributed by atoms with Gasteiger partial charge < -0.3 is 14.7 Å². The van der Waals surface area contributed by atoms with Crippen LogP contribution in [0.2, 0.25) is 0 Å². The molecule has 2 aromatic carbocycles. The molecule has 0 saturated heterocycles. The average Bonchev–Trinajstić information content (AvgIpc) is 2.98. The van der Waals surface area contributed by atoms with Crippen molar-refractivity contribution in [3.05, 3.63) is 65.7 Å². The molecule has 1 heterocycles. The molecule has 1 aliphatic rings. The molecule has 5 nitrogen and oxygen atoms in total. The van der Waals surface area contributed by atoms with Crippen molar-refractivity contribution >= 4 is 11.9 Å². The lowest BCUT2D eigenvalue weighted by atomic mass is 9.99. The van der Waals surface area contributed by atoms with E-state index in [2.05, 4.69) is 0 Å². The fraction of sp³-hybridized carbons (Fsp3) is 0.222. The van der Waals surface area contributed by atoms with Crippen LogP contribution in [-0.4, -0.2) is 35.0 Å². The van der Waals surface area contributed by atoms with Crippen molar-refractivity contribution in [1.82, 2.24) is 4.90 Å². The van der Waals surface area contributed by atoms with E-state index in [0.717, 1.165) is 11.1 Å². The molecule has 0 unspecified atom stereocenters. The molecule has 0 radical (unpaired) electrons. The monoisotopic (exact) mass is 311 g/mol. The highest BCUT2D eigenvalue weighted by molar-refractivity contribution is 5.88. The first-order valence-corrected chi connectivity index (χ1v) is 7.41. The molecule has 0 aliphatic carbocycles. The van der Waals surface area contributed by atoms with Gasteiger partial charge in [-0.1, -0.05) is 48.5 Å². The molecule has 0 bridgehead atoms. The molecular formula is C18H17NO4. The topological polar surface area (TPSA) is 66.8 Å². The molecule has 0 spiro atoms. The van der Waals surface area contributed by atoms with Gasteiger partial charge >= 0.3 is 5.97 Å². The van der Waals surface area contributed by atoms with Crippen LogP contribution in [0.25, 0.3) is 0 Å². The zero-order valence-corrected chi connectivity index (χ0v) is 12.5. The molecule has 1 amide bonds. The zero-order chi connectivity index (χ0) is 16.2. The van der Waals surface area contributed by atoms with Crippen LogP contribution in [0.1, 0.15) is 17.0 Å². The minimum absolute atomic E-state index is 0.221. The molecule has 0 saturated carbocycles. The Morgan fingerprint density at radius 2 is 1.78 bits per heavy atom. The third-order valence-corrected chi connectivity index (χ3v) is 3.85. The van der Waals surface area contributed by atoms with Gasteiger partial charge in [-0.3, -0.25) is 9.59 Å². The number of rotatable bonds is 5. The van der Waals surface area contributed by atoms with Crippen LogP contribution in [0, 0.1) is 0 Å². The zero-order valence-electron chi connectivity index (χ0n) is 12.5. The van der Waals surface area contributed by atoms with Gasteiger partial charge in [0.05, 0.1) is 0 Å². The maximum absolute atomic E-state index is 12.8. The molecule has 0 aromatic heterocycles. The maximum atomic E-state index is 12.8. The molecule has 1 aliphatic heterocycles. The second-order valence-electron chi connectivity index (χ2n) is 5.48. The summed E-state index contributed by atoms with van der Waals surface area (Å²) in [6, 6.07) is 16.8. The molecule has 0 fully saturated rings. The summed E-state index contributed by atoms with van der Waals surface area (Å²) in [5.74, 6) is -1.00. The Balaban J connectivity index is 1.82. The normalized spacial score (nSPS) is 15.6. The molecule has 1 atom stereocenters. The predicted molar refractivity (Wildman–Crippen MR) is 84.2 cm³/mol. The van der Waals surface area contributed by atoms with E-state index in [4.69, 9.17) is 9.84 Å². The lowest BCUT2D eigenvalue weighted by Crippen LogP contribution is -2.38. The summed E-state index contributed by atoms with van der Waals surface area (Å²) in [7, 11) is 0. The van der Waals surface area contributed by atoms with E-state index in [-0.39, 0.29) is 25.6 Å². The van der Waals surface area contributed by atoms with Crippen LogP contribution >= 0.6 is 0 Å². The molecule has 23 heavy (non-hydrogen) atoms. The van der Waals surface area contributed by atoms with Gasteiger partial charge in [0.15, 0.2) is 0 Å². The number of carbonyl (C=O) groups is 2. The summed E-state index contributed by atoms with van der Waals surface area (Å²) < 4.78 is 5.54. The Hall–Kier alpha value is -2.82. The molecule has 118 valence electrons. The molecular weight excluding hydrogens is 294 g/mol. The van der Waals surface area contributed by atoms with Crippen LogP contribution in [0.5, 0.6) is 5.75 Å². The Kier molecular flexibility index (Phi) is 4.28. The number of aliphatic carboxylic acids is 1. The van der Waals surface area contributed by atoms with E-state index < -0.39 is 11.9 Å². The lowest BCUT2D eigenvalue weighted by Gasteiger charge is -2.23. The SMILES string of the molecule is O=C(O)CN(Cc1ccccc1)C(=O)[C@@H]1COc2ccccc21. The number of carboxylic acid groups (broad SMARTS) is 1. The number of carbonyl (C=O) groups excluding carboxylic acids is 1. The number of benzene rings is 2. The first-order valence-electron chi connectivity index (χ1n) is 7.41. The van der Waals surface area contributed by atoms with E-state index in [0.29, 0.717) is 5.75 Å². The van der Waals surface area contributed by atoms with Crippen molar-refractivity contribution in [2.24, 2.45) is 0 Å². The van der Waals surface area contributed by atoms with E-state index in [9.17, 15) is 9.59 Å². The summed E-state index contributed by atoms with van der Waals surface area (Å²) in [5.41, 5.74) is 1.72. The van der Waals surface area contributed by atoms with Crippen molar-refractivity contribution in [1.29, 1.82) is 0 Å². The van der Waals surface area contributed by atoms with Gasteiger partial charge in [0, 0.05) is 12.1 Å². The highest BCUT2D eigenvalue weighted by Crippen LogP contribution is 2.34. The number of hydrogen-bond acceptors (Lipinski definition) is 3. The summed E-state index contributed by atoms with van der Waals surface area (Å²) in [6.07, 6.45) is 0. The molecule has 1 N–H and O–H groups in total. The van der Waals surface area contributed by atoms with E-state index in [1.165, 1.54) is 4.90 Å². The Labute approximate surface area is 134 Å². The quantitative estimate of drug-likeness (QED) is 0.920. The Morgan fingerprint density at radius 1 is 1.09 bits per heavy atom. The summed E-state index contributed by atoms with van der Waals surface area (Å²) >= 11 is 0. The van der Waals surface area contributed by atoms with Crippen molar-refractivity contribution in [3.8, 4) is 5.75 Å². The third kappa shape index (κ3) is 3.34. The molecule has 5 heteroatoms. The fourth-order valence-electron chi connectivity index (χ4n) is 2.77. The Bertz CT molecular complexity index is 714. The number of amides is 1. The summed E-state index contributed by atoms with van der Waals surface area (Å²) in [4.78, 5) is 25.3. The summed E-state index contributed by atoms with van der Waals surface area (Å²) in [5, 5.41) is 9.12. The highest BCUT2D eigenvalue weighted by atomic mass is 16.5. The highest BCUT2D eigenvalue weighted by Gasteiger charge is 2.33. The smallest absolute Gasteiger partial charge is 0.323 e. The average molecular weight is 311 g/mol. The van der Waals surface area contributed by atoms with E-state index >= 15 is 0 Å². The number of carboxylic acids is 1. The number of ether oxygens (including phenoxy) is 1. The van der Waals surface area contributed by atoms with Gasteiger partial charge in [0.1, 0.15) is 24.8 Å². The minimum Gasteiger partial charge on any atom is -0.492 e. The predicted octanol–water partition coefficient (Wildman–Crippen LogP) is 2.28. The van der Waals surface area contributed by atoms with Crippen LogP contribution in [0.4, 0.5) is 0 Å². The van der Waals surface area contributed by atoms with Crippen LogP contribution in [0.15, 0.2) is 54.6 Å². The summed E-state index contributed by atoms with van der Waals surface area (Å²) in [6.45, 7) is 0.195. The largest absolute Gasteiger partial charge is 0.492 e. The van der Waals surface area contributed by atoms with Crippen LogP contribution < -0.4 is 4.74 Å². The third-order valence-electron chi connectivity index (χ3n) is 3.85. The first kappa shape index (κ1) is 15.1. The Morgan fingerprint density at radius 3 is 2.52 bits per heavy atom. The maximum Gasteiger partial charge on any atom is 0.323 e. The van der Waals surface area contributed by atoms with Crippen molar-refractivity contribution in [3.63, 3.8) is 0 Å². The van der Waals surface area contributed by atoms with Crippen molar-refractivity contribution in [2.45, 2.75) is 12.5 Å². The second-order valence-corrected chi connectivity index (χ2v) is 5.48. The van der Waals surface area contributed by atoms with E-state index in [1.807, 2.05) is 54.6 Å². The number of fused-ring (bicyclic) bond motifs is 1. The first-order chi connectivity index (χ1) is 11.1. The van der Waals surface area contributed by atoms with Gasteiger partial charge in [0.25, 0.3) is 0 Å². The van der Waals surface area contributed by atoms with E-state index in [1.54, 1.807) is 0 Å². The molecule has 3 rings (SSSR count). The van der Waals surface area contributed by atoms with Crippen molar-refractivity contribution in [2.75, 3.05) is 13.2 Å². The van der Waals surface area contributed by atoms with Gasteiger partial charge in [-0.2, -0.15) is 0 Å².